The Hall–Kier alpha value is -2.12. The summed E-state index contributed by atoms with van der Waals surface area (Å²) in [5, 5.41) is 3.40. The minimum atomic E-state index is -0.0801. The molecule has 3 heterocycles. The molecule has 0 bridgehead atoms. The number of thiazole rings is 1. The van der Waals surface area contributed by atoms with E-state index >= 15 is 0 Å². The predicted molar refractivity (Wildman–Crippen MR) is 90.9 cm³/mol. The Bertz CT molecular complexity index is 688. The molecule has 6 nitrogen and oxygen atoms in total. The van der Waals surface area contributed by atoms with Gasteiger partial charge in [0.2, 0.25) is 5.91 Å². The predicted octanol–water partition coefficient (Wildman–Crippen LogP) is 2.57. The van der Waals surface area contributed by atoms with E-state index in [-0.39, 0.29) is 5.91 Å². The zero-order valence-electron chi connectivity index (χ0n) is 13.0. The average Bonchev–Trinajstić information content (AvgIpc) is 2.96. The summed E-state index contributed by atoms with van der Waals surface area (Å²) < 4.78 is 0. The highest BCUT2D eigenvalue weighted by molar-refractivity contribution is 7.15. The molecule has 0 aromatic carbocycles. The number of anilines is 1. The van der Waals surface area contributed by atoms with E-state index in [4.69, 9.17) is 0 Å². The van der Waals surface area contributed by atoms with Crippen LogP contribution in [0.5, 0.6) is 0 Å². The molecule has 0 atom stereocenters. The Balaban J connectivity index is 1.52. The van der Waals surface area contributed by atoms with Crippen LogP contribution in [0.1, 0.15) is 30.2 Å². The summed E-state index contributed by atoms with van der Waals surface area (Å²) in [6.07, 6.45) is 11.4. The maximum Gasteiger partial charge on any atom is 0.223 e. The molecule has 3 rings (SSSR count). The summed E-state index contributed by atoms with van der Waals surface area (Å²) in [6.45, 7) is 4.45. The van der Waals surface area contributed by atoms with Crippen LogP contribution in [0.25, 0.3) is 6.08 Å². The van der Waals surface area contributed by atoms with Gasteiger partial charge in [0.15, 0.2) is 5.13 Å². The SMILES string of the molecule is CC(=O)Nc1ncc(CN2CCC(=Cc3cncnc3)CC2)s1. The summed E-state index contributed by atoms with van der Waals surface area (Å²) in [6, 6.07) is 0. The number of piperidine rings is 1. The molecule has 1 fully saturated rings. The number of hydrogen-bond donors (Lipinski definition) is 1. The number of nitrogens with zero attached hydrogens (tertiary/aromatic N) is 4. The van der Waals surface area contributed by atoms with Crippen LogP contribution in [0, 0.1) is 0 Å². The van der Waals surface area contributed by atoms with Crippen LogP contribution >= 0.6 is 11.3 Å². The number of aromatic nitrogens is 3. The Labute approximate surface area is 139 Å². The number of amides is 1. The van der Waals surface area contributed by atoms with Gasteiger partial charge in [0.25, 0.3) is 0 Å². The first-order chi connectivity index (χ1) is 11.2. The number of rotatable bonds is 4. The molecule has 1 saturated heterocycles. The lowest BCUT2D eigenvalue weighted by atomic mass is 10.0. The van der Waals surface area contributed by atoms with Crippen molar-refractivity contribution in [3.05, 3.63) is 40.9 Å². The van der Waals surface area contributed by atoms with E-state index in [2.05, 4.69) is 31.2 Å². The molecule has 2 aromatic heterocycles. The summed E-state index contributed by atoms with van der Waals surface area (Å²) in [7, 11) is 0. The molecule has 2 aromatic rings. The molecule has 1 aliphatic heterocycles. The quantitative estimate of drug-likeness (QED) is 0.933. The molecule has 0 radical (unpaired) electrons. The third-order valence-corrected chi connectivity index (χ3v) is 4.56. The van der Waals surface area contributed by atoms with Gasteiger partial charge in [-0.2, -0.15) is 0 Å². The van der Waals surface area contributed by atoms with Gasteiger partial charge in [0.05, 0.1) is 0 Å². The maximum atomic E-state index is 11.0. The van der Waals surface area contributed by atoms with Gasteiger partial charge in [-0.25, -0.2) is 15.0 Å². The van der Waals surface area contributed by atoms with Gasteiger partial charge in [-0.05, 0) is 12.8 Å². The summed E-state index contributed by atoms with van der Waals surface area (Å²) in [5.41, 5.74) is 2.51. The van der Waals surface area contributed by atoms with Crippen LogP contribution in [0.15, 0.2) is 30.5 Å². The number of carbonyl (C=O) groups excluding carboxylic acids is 1. The normalized spacial score (nSPS) is 15.4. The van der Waals surface area contributed by atoms with Crippen LogP contribution in [0.2, 0.25) is 0 Å². The van der Waals surface area contributed by atoms with Crippen molar-refractivity contribution in [2.45, 2.75) is 26.3 Å². The third-order valence-electron chi connectivity index (χ3n) is 3.67. The Morgan fingerprint density at radius 3 is 2.74 bits per heavy atom. The fraction of sp³-hybridized carbons (Fsp3) is 0.375. The van der Waals surface area contributed by atoms with Crippen molar-refractivity contribution in [3.63, 3.8) is 0 Å². The monoisotopic (exact) mass is 329 g/mol. The van der Waals surface area contributed by atoms with Crippen molar-refractivity contribution in [2.24, 2.45) is 0 Å². The second kappa shape index (κ2) is 7.43. The maximum absolute atomic E-state index is 11.0. The zero-order valence-corrected chi connectivity index (χ0v) is 13.8. The van der Waals surface area contributed by atoms with E-state index in [9.17, 15) is 4.79 Å². The lowest BCUT2D eigenvalue weighted by Crippen LogP contribution is -2.29. The fourth-order valence-corrected chi connectivity index (χ4v) is 3.47. The van der Waals surface area contributed by atoms with E-state index in [1.54, 1.807) is 17.7 Å². The lowest BCUT2D eigenvalue weighted by molar-refractivity contribution is -0.114. The average molecular weight is 329 g/mol. The van der Waals surface area contributed by atoms with Crippen molar-refractivity contribution in [3.8, 4) is 0 Å². The summed E-state index contributed by atoms with van der Waals surface area (Å²) in [4.78, 5) is 26.9. The van der Waals surface area contributed by atoms with Gasteiger partial charge >= 0.3 is 0 Å². The number of carbonyl (C=O) groups is 1. The molecule has 23 heavy (non-hydrogen) atoms. The molecular weight excluding hydrogens is 310 g/mol. The van der Waals surface area contributed by atoms with Gasteiger partial charge < -0.3 is 5.32 Å². The molecule has 120 valence electrons. The molecule has 0 aliphatic carbocycles. The lowest BCUT2D eigenvalue weighted by Gasteiger charge is -2.27. The number of hydrogen-bond acceptors (Lipinski definition) is 6. The standard InChI is InChI=1S/C16H19N5OS/c1-12(22)20-16-19-9-15(23-16)10-21-4-2-13(3-5-21)6-14-7-17-11-18-8-14/h6-9,11H,2-5,10H2,1H3,(H,19,20,22). The zero-order chi connectivity index (χ0) is 16.1. The van der Waals surface area contributed by atoms with Crippen LogP contribution in [0.4, 0.5) is 5.13 Å². The highest BCUT2D eigenvalue weighted by atomic mass is 32.1. The minimum Gasteiger partial charge on any atom is -0.302 e. The second-order valence-electron chi connectivity index (χ2n) is 5.56. The Morgan fingerprint density at radius 1 is 1.30 bits per heavy atom. The van der Waals surface area contributed by atoms with Gasteiger partial charge in [-0.3, -0.25) is 9.69 Å². The van der Waals surface area contributed by atoms with E-state index in [0.717, 1.165) is 38.0 Å². The topological polar surface area (TPSA) is 71.0 Å². The molecule has 0 spiro atoms. The molecule has 7 heteroatoms. The number of likely N-dealkylation sites (tertiary alicyclic amines) is 1. The van der Waals surface area contributed by atoms with Crippen molar-refractivity contribution < 1.29 is 4.79 Å². The smallest absolute Gasteiger partial charge is 0.223 e. The molecule has 0 saturated carbocycles. The van der Waals surface area contributed by atoms with Crippen molar-refractivity contribution in [2.75, 3.05) is 18.4 Å². The Morgan fingerprint density at radius 2 is 2.04 bits per heavy atom. The van der Waals surface area contributed by atoms with Crippen molar-refractivity contribution in [1.82, 2.24) is 19.9 Å². The molecule has 1 amide bonds. The summed E-state index contributed by atoms with van der Waals surface area (Å²) >= 11 is 1.54. The van der Waals surface area contributed by atoms with Crippen LogP contribution < -0.4 is 5.32 Å². The van der Waals surface area contributed by atoms with E-state index in [1.165, 1.54) is 17.4 Å². The first kappa shape index (κ1) is 15.8. The van der Waals surface area contributed by atoms with E-state index in [0.29, 0.717) is 5.13 Å². The highest BCUT2D eigenvalue weighted by Crippen LogP contribution is 2.24. The fourth-order valence-electron chi connectivity index (χ4n) is 2.57. The van der Waals surface area contributed by atoms with Crippen LogP contribution in [0.3, 0.4) is 0 Å². The largest absolute Gasteiger partial charge is 0.302 e. The van der Waals surface area contributed by atoms with Crippen LogP contribution in [-0.2, 0) is 11.3 Å². The van der Waals surface area contributed by atoms with E-state index < -0.39 is 0 Å². The molecular formula is C16H19N5OS. The highest BCUT2D eigenvalue weighted by Gasteiger charge is 2.15. The second-order valence-corrected chi connectivity index (χ2v) is 6.68. The van der Waals surface area contributed by atoms with Crippen molar-refractivity contribution in [1.29, 1.82) is 0 Å². The van der Waals surface area contributed by atoms with Gasteiger partial charge in [-0.1, -0.05) is 11.6 Å². The molecule has 1 N–H and O–H groups in total. The molecule has 1 aliphatic rings. The third kappa shape index (κ3) is 4.67. The Kier molecular flexibility index (Phi) is 5.09. The first-order valence-corrected chi connectivity index (χ1v) is 8.40. The van der Waals surface area contributed by atoms with Gasteiger partial charge in [-0.15, -0.1) is 11.3 Å². The minimum absolute atomic E-state index is 0.0801. The van der Waals surface area contributed by atoms with E-state index in [1.807, 2.05) is 18.6 Å². The van der Waals surface area contributed by atoms with Gasteiger partial charge in [0.1, 0.15) is 6.33 Å². The number of nitrogens with one attached hydrogen (secondary N) is 1. The van der Waals surface area contributed by atoms with Gasteiger partial charge in [0, 0.05) is 55.6 Å². The first-order valence-electron chi connectivity index (χ1n) is 7.58. The molecule has 0 unspecified atom stereocenters. The van der Waals surface area contributed by atoms with Crippen LogP contribution in [-0.4, -0.2) is 38.8 Å². The van der Waals surface area contributed by atoms with Crippen molar-refractivity contribution >= 4 is 28.5 Å². The summed E-state index contributed by atoms with van der Waals surface area (Å²) in [5.74, 6) is -0.0801.